The zero-order valence-corrected chi connectivity index (χ0v) is 11.2. The number of nitrogens with zero attached hydrogens (tertiary/aromatic N) is 1. The molecule has 3 nitrogen and oxygen atoms in total. The number of carbonyl (C=O) groups excluding carboxylic acids is 1. The molecule has 3 rings (SSSR count). The molecule has 0 atom stereocenters. The van der Waals surface area contributed by atoms with Gasteiger partial charge in [0, 0.05) is 11.8 Å². The van der Waals surface area contributed by atoms with E-state index in [2.05, 4.69) is 0 Å². The van der Waals surface area contributed by atoms with Crippen molar-refractivity contribution in [2.45, 2.75) is 6.92 Å². The molecule has 0 saturated carbocycles. The average molecular weight is 265 g/mol. The van der Waals surface area contributed by atoms with Crippen LogP contribution in [0.1, 0.15) is 17.3 Å². The molecular weight excluding hydrogens is 250 g/mol. The predicted molar refractivity (Wildman–Crippen MR) is 79.8 cm³/mol. The smallest absolute Gasteiger partial charge is 0.150 e. The Hall–Kier alpha value is -2.55. The van der Waals surface area contributed by atoms with Crippen molar-refractivity contribution in [1.82, 2.24) is 4.57 Å². The maximum Gasteiger partial charge on any atom is 0.150 e. The molecule has 1 aromatic heterocycles. The number of carbonyl (C=O) groups is 1. The summed E-state index contributed by atoms with van der Waals surface area (Å²) in [5.74, 6) is 0.837. The summed E-state index contributed by atoms with van der Waals surface area (Å²) in [6, 6.07) is 15.6. The molecule has 0 radical (unpaired) electrons. The predicted octanol–water partition coefficient (Wildman–Crippen LogP) is 3.84. The number of rotatable bonds is 4. The van der Waals surface area contributed by atoms with Crippen molar-refractivity contribution in [2.75, 3.05) is 6.61 Å². The number of hydrogen-bond donors (Lipinski definition) is 0. The number of hydrogen-bond acceptors (Lipinski definition) is 2. The Morgan fingerprint density at radius 2 is 2.00 bits per heavy atom. The van der Waals surface area contributed by atoms with Crippen molar-refractivity contribution >= 4 is 17.2 Å². The molecule has 100 valence electrons. The molecule has 0 bridgehead atoms. The fourth-order valence-corrected chi connectivity index (χ4v) is 2.36. The largest absolute Gasteiger partial charge is 0.492 e. The zero-order chi connectivity index (χ0) is 13.9. The second kappa shape index (κ2) is 5.21. The second-order valence-electron chi connectivity index (χ2n) is 4.52. The van der Waals surface area contributed by atoms with E-state index in [9.17, 15) is 4.79 Å². The Labute approximate surface area is 117 Å². The highest BCUT2D eigenvalue weighted by Gasteiger charge is 2.08. The molecule has 0 spiro atoms. The van der Waals surface area contributed by atoms with Gasteiger partial charge in [-0.25, -0.2) is 0 Å². The standard InChI is InChI=1S/C17H15NO2/c1-2-20-17-6-4-3-5-15(17)18-10-9-14-8-7-13(12-19)11-16(14)18/h3-12H,2H2,1H3. The van der Waals surface area contributed by atoms with Gasteiger partial charge < -0.3 is 9.30 Å². The normalized spacial score (nSPS) is 10.7. The number of para-hydroxylation sites is 2. The third-order valence-corrected chi connectivity index (χ3v) is 3.28. The van der Waals surface area contributed by atoms with E-state index in [0.717, 1.165) is 28.6 Å². The van der Waals surface area contributed by atoms with Gasteiger partial charge in [0.25, 0.3) is 0 Å². The quantitative estimate of drug-likeness (QED) is 0.671. The Kier molecular flexibility index (Phi) is 3.25. The highest BCUT2D eigenvalue weighted by molar-refractivity contribution is 5.88. The van der Waals surface area contributed by atoms with Crippen molar-refractivity contribution in [3.8, 4) is 11.4 Å². The van der Waals surface area contributed by atoms with Crippen molar-refractivity contribution in [3.05, 3.63) is 60.3 Å². The zero-order valence-electron chi connectivity index (χ0n) is 11.2. The first-order valence-corrected chi connectivity index (χ1v) is 6.62. The Morgan fingerprint density at radius 1 is 1.15 bits per heavy atom. The van der Waals surface area contributed by atoms with E-state index in [-0.39, 0.29) is 0 Å². The Bertz CT molecular complexity index is 759. The van der Waals surface area contributed by atoms with Gasteiger partial charge in [0.15, 0.2) is 0 Å². The van der Waals surface area contributed by atoms with Crippen molar-refractivity contribution < 1.29 is 9.53 Å². The van der Waals surface area contributed by atoms with Gasteiger partial charge in [0.1, 0.15) is 12.0 Å². The van der Waals surface area contributed by atoms with Crippen LogP contribution in [-0.4, -0.2) is 17.5 Å². The third kappa shape index (κ3) is 2.07. The number of benzene rings is 2. The van der Waals surface area contributed by atoms with Gasteiger partial charge in [-0.3, -0.25) is 4.79 Å². The van der Waals surface area contributed by atoms with Gasteiger partial charge >= 0.3 is 0 Å². The molecule has 20 heavy (non-hydrogen) atoms. The van der Waals surface area contributed by atoms with E-state index in [1.165, 1.54) is 0 Å². The maximum atomic E-state index is 11.0. The van der Waals surface area contributed by atoms with Crippen LogP contribution in [0.4, 0.5) is 0 Å². The highest BCUT2D eigenvalue weighted by Crippen LogP contribution is 2.27. The summed E-state index contributed by atoms with van der Waals surface area (Å²) >= 11 is 0. The van der Waals surface area contributed by atoms with E-state index >= 15 is 0 Å². The van der Waals surface area contributed by atoms with Crippen LogP contribution in [0.3, 0.4) is 0 Å². The topological polar surface area (TPSA) is 31.2 Å². The molecule has 0 amide bonds. The van der Waals surface area contributed by atoms with Crippen LogP contribution in [0.15, 0.2) is 54.7 Å². The molecule has 0 aliphatic carbocycles. The van der Waals surface area contributed by atoms with E-state index in [1.807, 2.05) is 66.2 Å². The van der Waals surface area contributed by atoms with Crippen LogP contribution in [0, 0.1) is 0 Å². The molecule has 1 heterocycles. The summed E-state index contributed by atoms with van der Waals surface area (Å²) in [6.45, 7) is 2.59. The number of ether oxygens (including phenoxy) is 1. The summed E-state index contributed by atoms with van der Waals surface area (Å²) in [7, 11) is 0. The van der Waals surface area contributed by atoms with Gasteiger partial charge in [0.05, 0.1) is 17.8 Å². The number of fused-ring (bicyclic) bond motifs is 1. The van der Waals surface area contributed by atoms with Crippen LogP contribution in [0.25, 0.3) is 16.6 Å². The average Bonchev–Trinajstić information content (AvgIpc) is 2.91. The molecule has 0 fully saturated rings. The van der Waals surface area contributed by atoms with Crippen LogP contribution in [0.5, 0.6) is 5.75 Å². The fourth-order valence-electron chi connectivity index (χ4n) is 2.36. The van der Waals surface area contributed by atoms with Crippen LogP contribution in [0.2, 0.25) is 0 Å². The van der Waals surface area contributed by atoms with E-state index in [0.29, 0.717) is 12.2 Å². The molecule has 3 aromatic rings. The minimum absolute atomic E-state index is 0.621. The first-order chi connectivity index (χ1) is 9.83. The Balaban J connectivity index is 2.21. The van der Waals surface area contributed by atoms with E-state index < -0.39 is 0 Å². The third-order valence-electron chi connectivity index (χ3n) is 3.28. The second-order valence-corrected chi connectivity index (χ2v) is 4.52. The van der Waals surface area contributed by atoms with E-state index in [4.69, 9.17) is 4.74 Å². The SMILES string of the molecule is CCOc1ccccc1-n1ccc2ccc(C=O)cc21. The van der Waals surface area contributed by atoms with Crippen LogP contribution < -0.4 is 4.74 Å². The lowest BCUT2D eigenvalue weighted by Crippen LogP contribution is -1.99. The first-order valence-electron chi connectivity index (χ1n) is 6.62. The lowest BCUT2D eigenvalue weighted by Gasteiger charge is -2.12. The molecule has 0 saturated heterocycles. The van der Waals surface area contributed by atoms with Gasteiger partial charge in [-0.05, 0) is 36.6 Å². The summed E-state index contributed by atoms with van der Waals surface area (Å²) in [6.07, 6.45) is 2.86. The minimum atomic E-state index is 0.621. The van der Waals surface area contributed by atoms with Gasteiger partial charge in [-0.1, -0.05) is 24.3 Å². The number of aldehydes is 1. The summed E-state index contributed by atoms with van der Waals surface area (Å²) in [5, 5.41) is 1.10. The Morgan fingerprint density at radius 3 is 2.80 bits per heavy atom. The van der Waals surface area contributed by atoms with Gasteiger partial charge in [-0.2, -0.15) is 0 Å². The maximum absolute atomic E-state index is 11.0. The van der Waals surface area contributed by atoms with Crippen molar-refractivity contribution in [1.29, 1.82) is 0 Å². The highest BCUT2D eigenvalue weighted by atomic mass is 16.5. The molecule has 0 N–H and O–H groups in total. The van der Waals surface area contributed by atoms with Crippen LogP contribution >= 0.6 is 0 Å². The first kappa shape index (κ1) is 12.5. The van der Waals surface area contributed by atoms with Crippen LogP contribution in [-0.2, 0) is 0 Å². The van der Waals surface area contributed by atoms with Crippen molar-refractivity contribution in [2.24, 2.45) is 0 Å². The summed E-state index contributed by atoms with van der Waals surface area (Å²) in [5.41, 5.74) is 2.65. The molecule has 0 aliphatic heterocycles. The fraction of sp³-hybridized carbons (Fsp3) is 0.118. The minimum Gasteiger partial charge on any atom is -0.492 e. The van der Waals surface area contributed by atoms with Gasteiger partial charge in [0.2, 0.25) is 0 Å². The molecule has 2 aromatic carbocycles. The molecular formula is C17H15NO2. The van der Waals surface area contributed by atoms with E-state index in [1.54, 1.807) is 0 Å². The number of aromatic nitrogens is 1. The molecule has 3 heteroatoms. The lowest BCUT2D eigenvalue weighted by molar-refractivity contribution is 0.112. The summed E-state index contributed by atoms with van der Waals surface area (Å²) < 4.78 is 7.72. The monoisotopic (exact) mass is 265 g/mol. The lowest BCUT2D eigenvalue weighted by atomic mass is 10.2. The van der Waals surface area contributed by atoms with Gasteiger partial charge in [-0.15, -0.1) is 0 Å². The molecule has 0 unspecified atom stereocenters. The van der Waals surface area contributed by atoms with Crippen molar-refractivity contribution in [3.63, 3.8) is 0 Å². The molecule has 0 aliphatic rings. The summed E-state index contributed by atoms with van der Waals surface area (Å²) in [4.78, 5) is 11.0.